The van der Waals surface area contributed by atoms with Gasteiger partial charge in [-0.05, 0) is 13.6 Å². The molecule has 0 radical (unpaired) electrons. The maximum Gasteiger partial charge on any atom is 0.176 e. The molecule has 0 fully saturated rings. The Labute approximate surface area is 56.3 Å². The zero-order valence-electron chi connectivity index (χ0n) is 6.02. The van der Waals surface area contributed by atoms with Crippen molar-refractivity contribution in [2.45, 2.75) is 6.92 Å². The van der Waals surface area contributed by atoms with E-state index in [1.807, 2.05) is 13.2 Å². The van der Waals surface area contributed by atoms with Crippen LogP contribution in [0, 0.1) is 11.5 Å². The molecular weight excluding hydrogens is 114 g/mol. The molecule has 0 unspecified atom stereocenters. The zero-order chi connectivity index (χ0) is 7.11. The fraction of sp³-hybridized carbons (Fsp3) is 0.833. The maximum absolute atomic E-state index is 8.07. The first-order valence-electron chi connectivity index (χ1n) is 3.11. The van der Waals surface area contributed by atoms with Crippen LogP contribution in [0.2, 0.25) is 0 Å². The quantitative estimate of drug-likeness (QED) is 0.328. The van der Waals surface area contributed by atoms with E-state index in [1.54, 1.807) is 0 Å². The predicted octanol–water partition coefficient (Wildman–Crippen LogP) is 0.00878. The highest BCUT2D eigenvalue weighted by molar-refractivity contribution is 4.65. The second-order valence-electron chi connectivity index (χ2n) is 1.93. The van der Waals surface area contributed by atoms with Crippen molar-refractivity contribution in [2.75, 3.05) is 26.7 Å². The molecule has 9 heavy (non-hydrogen) atoms. The Morgan fingerprint density at radius 1 is 1.67 bits per heavy atom. The van der Waals surface area contributed by atoms with Crippen LogP contribution in [-0.4, -0.2) is 31.6 Å². The first-order chi connectivity index (χ1) is 4.31. The van der Waals surface area contributed by atoms with Gasteiger partial charge in [-0.15, -0.1) is 0 Å². The molecule has 0 saturated carbocycles. The second kappa shape index (κ2) is 5.39. The van der Waals surface area contributed by atoms with E-state index < -0.39 is 0 Å². The standard InChI is InChI=1S/C6H13N3/c1-3-9(2)5-4-8-6-7/h8H,3-5H2,1-2H3. The minimum Gasteiger partial charge on any atom is -0.323 e. The lowest BCUT2D eigenvalue weighted by atomic mass is 10.5. The molecule has 0 rings (SSSR count). The molecule has 3 nitrogen and oxygen atoms in total. The molecule has 0 atom stereocenters. The highest BCUT2D eigenvalue weighted by Gasteiger charge is 1.90. The lowest BCUT2D eigenvalue weighted by Gasteiger charge is -2.11. The van der Waals surface area contributed by atoms with Crippen molar-refractivity contribution in [1.82, 2.24) is 10.2 Å². The van der Waals surface area contributed by atoms with Crippen LogP contribution in [0.5, 0.6) is 0 Å². The average Bonchev–Trinajstić information content (AvgIpc) is 1.89. The highest BCUT2D eigenvalue weighted by atomic mass is 15.1. The Balaban J connectivity index is 2.99. The van der Waals surface area contributed by atoms with Crippen molar-refractivity contribution in [3.05, 3.63) is 0 Å². The van der Waals surface area contributed by atoms with Gasteiger partial charge in [-0.2, -0.15) is 5.26 Å². The average molecular weight is 127 g/mol. The van der Waals surface area contributed by atoms with Crippen molar-refractivity contribution in [1.29, 1.82) is 5.26 Å². The fourth-order valence-electron chi connectivity index (χ4n) is 0.461. The van der Waals surface area contributed by atoms with Gasteiger partial charge < -0.3 is 10.2 Å². The number of likely N-dealkylation sites (N-methyl/N-ethyl adjacent to an activating group) is 1. The Morgan fingerprint density at radius 2 is 2.33 bits per heavy atom. The largest absolute Gasteiger partial charge is 0.323 e. The topological polar surface area (TPSA) is 39.1 Å². The van der Waals surface area contributed by atoms with Crippen LogP contribution in [0.4, 0.5) is 0 Å². The summed E-state index contributed by atoms with van der Waals surface area (Å²) in [5.41, 5.74) is 0. The summed E-state index contributed by atoms with van der Waals surface area (Å²) in [7, 11) is 2.03. The number of nitrogens with one attached hydrogen (secondary N) is 1. The molecule has 0 spiro atoms. The fourth-order valence-corrected chi connectivity index (χ4v) is 0.461. The lowest BCUT2D eigenvalue weighted by molar-refractivity contribution is 0.356. The van der Waals surface area contributed by atoms with Gasteiger partial charge in [-0.3, -0.25) is 0 Å². The first-order valence-corrected chi connectivity index (χ1v) is 3.11. The van der Waals surface area contributed by atoms with Crippen LogP contribution in [0.15, 0.2) is 0 Å². The molecule has 0 saturated heterocycles. The van der Waals surface area contributed by atoms with Crippen LogP contribution in [0.25, 0.3) is 0 Å². The molecule has 0 bridgehead atoms. The summed E-state index contributed by atoms with van der Waals surface area (Å²) in [6, 6.07) is 0. The minimum atomic E-state index is 0.751. The van der Waals surface area contributed by atoms with Crippen molar-refractivity contribution in [2.24, 2.45) is 0 Å². The Kier molecular flexibility index (Phi) is 4.94. The van der Waals surface area contributed by atoms with Gasteiger partial charge in [0, 0.05) is 13.1 Å². The Morgan fingerprint density at radius 3 is 2.78 bits per heavy atom. The van der Waals surface area contributed by atoms with E-state index in [2.05, 4.69) is 17.1 Å². The van der Waals surface area contributed by atoms with Crippen LogP contribution < -0.4 is 5.32 Å². The molecular formula is C6H13N3. The molecule has 0 aliphatic carbocycles. The minimum absolute atomic E-state index is 0.751. The van der Waals surface area contributed by atoms with Gasteiger partial charge in [0.2, 0.25) is 0 Å². The van der Waals surface area contributed by atoms with E-state index in [1.165, 1.54) is 0 Å². The van der Waals surface area contributed by atoms with Crippen LogP contribution in [-0.2, 0) is 0 Å². The third-order valence-corrected chi connectivity index (χ3v) is 1.24. The molecule has 0 aliphatic heterocycles. The van der Waals surface area contributed by atoms with Crippen molar-refractivity contribution in [3.8, 4) is 6.19 Å². The molecule has 0 amide bonds. The third kappa shape index (κ3) is 5.12. The predicted molar refractivity (Wildman–Crippen MR) is 36.8 cm³/mol. The van der Waals surface area contributed by atoms with Crippen molar-refractivity contribution < 1.29 is 0 Å². The van der Waals surface area contributed by atoms with E-state index in [4.69, 9.17) is 5.26 Å². The molecule has 0 aromatic heterocycles. The second-order valence-corrected chi connectivity index (χ2v) is 1.93. The van der Waals surface area contributed by atoms with E-state index in [0.29, 0.717) is 0 Å². The summed E-state index contributed by atoms with van der Waals surface area (Å²) in [6.07, 6.45) is 1.87. The number of rotatable bonds is 4. The van der Waals surface area contributed by atoms with Crippen LogP contribution in [0.1, 0.15) is 6.92 Å². The molecule has 0 aromatic carbocycles. The molecule has 52 valence electrons. The number of nitrogens with zero attached hydrogens (tertiary/aromatic N) is 2. The summed E-state index contributed by atoms with van der Waals surface area (Å²) < 4.78 is 0. The van der Waals surface area contributed by atoms with E-state index in [9.17, 15) is 0 Å². The van der Waals surface area contributed by atoms with Gasteiger partial charge in [0.15, 0.2) is 6.19 Å². The molecule has 0 aliphatic rings. The molecule has 0 heterocycles. The van der Waals surface area contributed by atoms with E-state index in [0.717, 1.165) is 19.6 Å². The SMILES string of the molecule is CCN(C)CCNC#N. The molecule has 3 heteroatoms. The Bertz CT molecular complexity index is 95.0. The lowest BCUT2D eigenvalue weighted by Crippen LogP contribution is -2.26. The van der Waals surface area contributed by atoms with Crippen LogP contribution >= 0.6 is 0 Å². The number of hydrogen-bond acceptors (Lipinski definition) is 3. The first kappa shape index (κ1) is 8.25. The van der Waals surface area contributed by atoms with E-state index >= 15 is 0 Å². The van der Waals surface area contributed by atoms with Crippen molar-refractivity contribution >= 4 is 0 Å². The molecule has 0 aromatic rings. The zero-order valence-corrected chi connectivity index (χ0v) is 6.02. The van der Waals surface area contributed by atoms with Gasteiger partial charge in [0.1, 0.15) is 0 Å². The van der Waals surface area contributed by atoms with E-state index in [-0.39, 0.29) is 0 Å². The number of nitriles is 1. The highest BCUT2D eigenvalue weighted by Crippen LogP contribution is 1.75. The van der Waals surface area contributed by atoms with Gasteiger partial charge in [0.05, 0.1) is 0 Å². The summed E-state index contributed by atoms with van der Waals surface area (Å²) in [5.74, 6) is 0. The third-order valence-electron chi connectivity index (χ3n) is 1.24. The normalized spacial score (nSPS) is 9.11. The number of hydrogen-bond donors (Lipinski definition) is 1. The smallest absolute Gasteiger partial charge is 0.176 e. The summed E-state index contributed by atoms with van der Waals surface area (Å²) in [4.78, 5) is 2.14. The van der Waals surface area contributed by atoms with Gasteiger partial charge in [-0.1, -0.05) is 6.92 Å². The monoisotopic (exact) mass is 127 g/mol. The summed E-state index contributed by atoms with van der Waals surface area (Å²) >= 11 is 0. The Hall–Kier alpha value is -0.750. The van der Waals surface area contributed by atoms with Crippen LogP contribution in [0.3, 0.4) is 0 Å². The van der Waals surface area contributed by atoms with Gasteiger partial charge >= 0.3 is 0 Å². The summed E-state index contributed by atoms with van der Waals surface area (Å²) in [6.45, 7) is 4.81. The summed E-state index contributed by atoms with van der Waals surface area (Å²) in [5, 5.41) is 10.6. The van der Waals surface area contributed by atoms with Gasteiger partial charge in [0.25, 0.3) is 0 Å². The van der Waals surface area contributed by atoms with Gasteiger partial charge in [-0.25, -0.2) is 0 Å². The van der Waals surface area contributed by atoms with Crippen molar-refractivity contribution in [3.63, 3.8) is 0 Å². The maximum atomic E-state index is 8.07. The molecule has 1 N–H and O–H groups in total.